The maximum absolute atomic E-state index is 13.2. The molecule has 1 amide bonds. The van der Waals surface area contributed by atoms with Gasteiger partial charge in [-0.1, -0.05) is 12.1 Å². The summed E-state index contributed by atoms with van der Waals surface area (Å²) in [5, 5.41) is 2.83. The largest absolute Gasteiger partial charge is 0.416 e. The standard InChI is InChI=1S/C22H23F3N4O/c1-2-8-27-21(30)17-13-15-12-16(22(23,24)25)6-7-18(15)29-11-10-28(14-19(17)29)20-5-3-4-9-26-20/h2-7,9,12,17,19H,1,8,10-11,13-14H2,(H,27,30). The molecule has 2 aromatic rings. The Labute approximate surface area is 173 Å². The normalized spacial score (nSPS) is 20.9. The molecule has 1 saturated heterocycles. The number of amides is 1. The number of halogens is 3. The first-order chi connectivity index (χ1) is 14.4. The van der Waals surface area contributed by atoms with Gasteiger partial charge in [0.1, 0.15) is 5.82 Å². The van der Waals surface area contributed by atoms with Crippen LogP contribution in [0, 0.1) is 5.92 Å². The molecule has 5 nitrogen and oxygen atoms in total. The van der Waals surface area contributed by atoms with Gasteiger partial charge in [0.25, 0.3) is 0 Å². The summed E-state index contributed by atoms with van der Waals surface area (Å²) in [5.74, 6) is 0.198. The minimum absolute atomic E-state index is 0.158. The second-order valence-corrected chi connectivity index (χ2v) is 7.58. The number of pyridine rings is 1. The number of nitrogens with one attached hydrogen (secondary N) is 1. The number of fused-ring (bicyclic) bond motifs is 3. The van der Waals surface area contributed by atoms with Crippen molar-refractivity contribution in [1.29, 1.82) is 0 Å². The van der Waals surface area contributed by atoms with E-state index in [2.05, 4.69) is 26.7 Å². The smallest absolute Gasteiger partial charge is 0.364 e. The first-order valence-electron chi connectivity index (χ1n) is 9.90. The molecule has 2 atom stereocenters. The first-order valence-corrected chi connectivity index (χ1v) is 9.90. The fourth-order valence-corrected chi connectivity index (χ4v) is 4.35. The monoisotopic (exact) mass is 416 g/mol. The number of rotatable bonds is 4. The van der Waals surface area contributed by atoms with E-state index in [0.717, 1.165) is 17.6 Å². The molecule has 30 heavy (non-hydrogen) atoms. The van der Waals surface area contributed by atoms with E-state index in [1.165, 1.54) is 6.07 Å². The third-order valence-electron chi connectivity index (χ3n) is 5.77. The summed E-state index contributed by atoms with van der Waals surface area (Å²) in [5.41, 5.74) is 0.657. The number of benzene rings is 1. The SMILES string of the molecule is C=CCNC(=O)C1Cc2cc(C(F)(F)F)ccc2N2CCN(c3ccccn3)CC12. The van der Waals surface area contributed by atoms with Gasteiger partial charge < -0.3 is 15.1 Å². The molecule has 0 aliphatic carbocycles. The number of piperazine rings is 1. The molecule has 1 aromatic carbocycles. The van der Waals surface area contributed by atoms with Gasteiger partial charge in [0.05, 0.1) is 17.5 Å². The van der Waals surface area contributed by atoms with Gasteiger partial charge in [0.15, 0.2) is 0 Å². The molecule has 158 valence electrons. The Morgan fingerprint density at radius 3 is 2.80 bits per heavy atom. The Morgan fingerprint density at radius 1 is 1.27 bits per heavy atom. The van der Waals surface area contributed by atoms with Gasteiger partial charge in [-0.2, -0.15) is 13.2 Å². The van der Waals surface area contributed by atoms with Crippen molar-refractivity contribution < 1.29 is 18.0 Å². The van der Waals surface area contributed by atoms with E-state index >= 15 is 0 Å². The Balaban J connectivity index is 1.68. The minimum atomic E-state index is -4.41. The minimum Gasteiger partial charge on any atom is -0.364 e. The number of nitrogens with zero attached hydrogens (tertiary/aromatic N) is 3. The predicted octanol–water partition coefficient (Wildman–Crippen LogP) is 3.27. The van der Waals surface area contributed by atoms with Crippen LogP contribution in [0.3, 0.4) is 0 Å². The molecule has 1 fully saturated rings. The van der Waals surface area contributed by atoms with Crippen LogP contribution in [0.2, 0.25) is 0 Å². The second-order valence-electron chi connectivity index (χ2n) is 7.58. The van der Waals surface area contributed by atoms with Gasteiger partial charge in [-0.15, -0.1) is 6.58 Å². The lowest BCUT2D eigenvalue weighted by molar-refractivity contribution is -0.137. The van der Waals surface area contributed by atoms with Crippen molar-refractivity contribution in [2.75, 3.05) is 36.0 Å². The van der Waals surface area contributed by atoms with Crippen molar-refractivity contribution in [3.05, 3.63) is 66.4 Å². The summed E-state index contributed by atoms with van der Waals surface area (Å²) in [6.45, 7) is 5.79. The number of anilines is 2. The molecule has 3 heterocycles. The summed E-state index contributed by atoms with van der Waals surface area (Å²) < 4.78 is 39.7. The van der Waals surface area contributed by atoms with Crippen LogP contribution >= 0.6 is 0 Å². The molecule has 1 N–H and O–H groups in total. The van der Waals surface area contributed by atoms with Crippen molar-refractivity contribution >= 4 is 17.4 Å². The van der Waals surface area contributed by atoms with Crippen molar-refractivity contribution in [2.24, 2.45) is 5.92 Å². The third kappa shape index (κ3) is 3.86. The Kier molecular flexibility index (Phi) is 5.40. The van der Waals surface area contributed by atoms with Crippen molar-refractivity contribution in [3.8, 4) is 0 Å². The second kappa shape index (κ2) is 8.01. The molecule has 0 bridgehead atoms. The number of hydrogen-bond donors (Lipinski definition) is 1. The average molecular weight is 416 g/mol. The summed E-state index contributed by atoms with van der Waals surface area (Å²) >= 11 is 0. The predicted molar refractivity (Wildman–Crippen MR) is 109 cm³/mol. The zero-order chi connectivity index (χ0) is 21.3. The zero-order valence-corrected chi connectivity index (χ0v) is 16.4. The van der Waals surface area contributed by atoms with Crippen LogP contribution in [-0.4, -0.2) is 43.1 Å². The summed E-state index contributed by atoms with van der Waals surface area (Å²) in [7, 11) is 0. The lowest BCUT2D eigenvalue weighted by Gasteiger charge is -2.49. The van der Waals surface area contributed by atoms with Crippen molar-refractivity contribution in [3.63, 3.8) is 0 Å². The van der Waals surface area contributed by atoms with E-state index < -0.39 is 17.7 Å². The molecular formula is C22H23F3N4O. The maximum atomic E-state index is 13.2. The quantitative estimate of drug-likeness (QED) is 0.778. The first kappa shape index (κ1) is 20.3. The van der Waals surface area contributed by atoms with Gasteiger partial charge in [-0.25, -0.2) is 4.98 Å². The Hall–Kier alpha value is -3.03. The number of alkyl halides is 3. The molecule has 2 unspecified atom stereocenters. The van der Waals surface area contributed by atoms with Crippen LogP contribution in [-0.2, 0) is 17.4 Å². The number of carbonyl (C=O) groups excluding carboxylic acids is 1. The molecular weight excluding hydrogens is 393 g/mol. The molecule has 2 aliphatic heterocycles. The van der Waals surface area contributed by atoms with Gasteiger partial charge in [-0.3, -0.25) is 4.79 Å². The molecule has 2 aliphatic rings. The van der Waals surface area contributed by atoms with E-state index in [-0.39, 0.29) is 18.4 Å². The molecule has 0 saturated carbocycles. The van der Waals surface area contributed by atoms with Gasteiger partial charge in [0, 0.05) is 38.1 Å². The molecule has 4 rings (SSSR count). The fourth-order valence-electron chi connectivity index (χ4n) is 4.35. The molecule has 1 aromatic heterocycles. The van der Waals surface area contributed by atoms with Crippen molar-refractivity contribution in [2.45, 2.75) is 18.6 Å². The van der Waals surface area contributed by atoms with Crippen LogP contribution in [0.25, 0.3) is 0 Å². The number of hydrogen-bond acceptors (Lipinski definition) is 4. The Bertz CT molecular complexity index is 932. The lowest BCUT2D eigenvalue weighted by Crippen LogP contribution is -2.61. The van der Waals surface area contributed by atoms with Gasteiger partial charge in [-0.05, 0) is 42.3 Å². The highest BCUT2D eigenvalue weighted by atomic mass is 19.4. The molecule has 0 radical (unpaired) electrons. The highest BCUT2D eigenvalue weighted by molar-refractivity contribution is 5.82. The Morgan fingerprint density at radius 2 is 2.10 bits per heavy atom. The van der Waals surface area contributed by atoms with Crippen LogP contribution in [0.1, 0.15) is 11.1 Å². The zero-order valence-electron chi connectivity index (χ0n) is 16.4. The summed E-state index contributed by atoms with van der Waals surface area (Å²) in [6.07, 6.45) is -0.830. The van der Waals surface area contributed by atoms with Crippen LogP contribution < -0.4 is 15.1 Å². The summed E-state index contributed by atoms with van der Waals surface area (Å²) in [4.78, 5) is 21.5. The van der Waals surface area contributed by atoms with E-state index in [4.69, 9.17) is 0 Å². The van der Waals surface area contributed by atoms with Crippen LogP contribution in [0.5, 0.6) is 0 Å². The van der Waals surface area contributed by atoms with E-state index in [1.807, 2.05) is 18.2 Å². The van der Waals surface area contributed by atoms with Gasteiger partial charge in [0.2, 0.25) is 5.91 Å². The fraction of sp³-hybridized carbons (Fsp3) is 0.364. The maximum Gasteiger partial charge on any atom is 0.416 e. The highest BCUT2D eigenvalue weighted by Crippen LogP contribution is 2.40. The van der Waals surface area contributed by atoms with Crippen LogP contribution in [0.4, 0.5) is 24.7 Å². The molecule has 8 heteroatoms. The van der Waals surface area contributed by atoms with Crippen molar-refractivity contribution in [1.82, 2.24) is 10.3 Å². The van der Waals surface area contributed by atoms with E-state index in [1.54, 1.807) is 18.3 Å². The number of aromatic nitrogens is 1. The van der Waals surface area contributed by atoms with E-state index in [9.17, 15) is 18.0 Å². The topological polar surface area (TPSA) is 48.5 Å². The number of carbonyl (C=O) groups is 1. The van der Waals surface area contributed by atoms with Gasteiger partial charge >= 0.3 is 6.18 Å². The highest BCUT2D eigenvalue weighted by Gasteiger charge is 2.42. The average Bonchev–Trinajstić information content (AvgIpc) is 2.76. The van der Waals surface area contributed by atoms with E-state index in [0.29, 0.717) is 31.7 Å². The molecule has 0 spiro atoms. The third-order valence-corrected chi connectivity index (χ3v) is 5.77. The lowest BCUT2D eigenvalue weighted by atomic mass is 9.82. The summed E-state index contributed by atoms with van der Waals surface area (Å²) in [6, 6.07) is 9.38. The van der Waals surface area contributed by atoms with Crippen LogP contribution in [0.15, 0.2) is 55.3 Å².